The zero-order valence-electron chi connectivity index (χ0n) is 13.3. The van der Waals surface area contributed by atoms with Crippen LogP contribution in [0.4, 0.5) is 5.82 Å². The highest BCUT2D eigenvalue weighted by Gasteiger charge is 2.21. The minimum Gasteiger partial charge on any atom is -0.462 e. The van der Waals surface area contributed by atoms with Gasteiger partial charge in [0.1, 0.15) is 11.5 Å². The number of hydrogen-bond donors (Lipinski definition) is 1. The summed E-state index contributed by atoms with van der Waals surface area (Å²) in [5, 5.41) is 2.95. The molecule has 0 fully saturated rings. The molecular formula is C16H19N3O4. The van der Waals surface area contributed by atoms with Crippen molar-refractivity contribution in [1.82, 2.24) is 9.38 Å². The lowest BCUT2D eigenvalue weighted by atomic mass is 10.3. The van der Waals surface area contributed by atoms with Gasteiger partial charge >= 0.3 is 11.9 Å². The molecule has 1 N–H and O–H groups in total. The van der Waals surface area contributed by atoms with Crippen LogP contribution < -0.4 is 5.32 Å². The number of aromatic nitrogens is 2. The van der Waals surface area contributed by atoms with Gasteiger partial charge in [-0.25, -0.2) is 14.6 Å². The van der Waals surface area contributed by atoms with Gasteiger partial charge in [0.2, 0.25) is 0 Å². The van der Waals surface area contributed by atoms with E-state index in [0.29, 0.717) is 5.82 Å². The molecule has 0 saturated heterocycles. The van der Waals surface area contributed by atoms with Gasteiger partial charge in [-0.1, -0.05) is 6.07 Å². The Morgan fingerprint density at radius 3 is 2.48 bits per heavy atom. The number of pyridine rings is 1. The summed E-state index contributed by atoms with van der Waals surface area (Å²) in [6, 6.07) is 5.60. The molecule has 7 nitrogen and oxygen atoms in total. The normalized spacial score (nSPS) is 10.2. The fourth-order valence-corrected chi connectivity index (χ4v) is 2.05. The zero-order chi connectivity index (χ0) is 16.8. The largest absolute Gasteiger partial charge is 0.462 e. The smallest absolute Gasteiger partial charge is 0.347 e. The number of anilines is 1. The number of aryl methyl sites for hydroxylation is 1. The Morgan fingerprint density at radius 1 is 1.22 bits per heavy atom. The standard InChI is InChI=1S/C16H19N3O4/c1-4-22-15(20)12(16(21)23-5-2)10-17-14-11(3)18-13-8-6-7-9-19(13)14/h6-10,17H,4-5H2,1-3H3. The van der Waals surface area contributed by atoms with E-state index in [2.05, 4.69) is 10.3 Å². The van der Waals surface area contributed by atoms with E-state index in [4.69, 9.17) is 9.47 Å². The lowest BCUT2D eigenvalue weighted by Crippen LogP contribution is -2.19. The van der Waals surface area contributed by atoms with Gasteiger partial charge in [0.05, 0.1) is 18.9 Å². The first-order chi connectivity index (χ1) is 11.1. The lowest BCUT2D eigenvalue weighted by Gasteiger charge is -2.08. The van der Waals surface area contributed by atoms with Crippen LogP contribution in [0.2, 0.25) is 0 Å². The van der Waals surface area contributed by atoms with Crippen molar-refractivity contribution in [1.29, 1.82) is 0 Å². The Balaban J connectivity index is 2.33. The van der Waals surface area contributed by atoms with Crippen molar-refractivity contribution >= 4 is 23.4 Å². The van der Waals surface area contributed by atoms with Gasteiger partial charge in [0.25, 0.3) is 0 Å². The summed E-state index contributed by atoms with van der Waals surface area (Å²) in [6.07, 6.45) is 3.12. The maximum absolute atomic E-state index is 11.9. The Hall–Kier alpha value is -2.83. The van der Waals surface area contributed by atoms with Gasteiger partial charge in [-0.2, -0.15) is 0 Å². The van der Waals surface area contributed by atoms with E-state index in [1.807, 2.05) is 35.7 Å². The minimum atomic E-state index is -0.732. The molecule has 0 aromatic carbocycles. The first-order valence-corrected chi connectivity index (χ1v) is 7.33. The first-order valence-electron chi connectivity index (χ1n) is 7.33. The predicted molar refractivity (Wildman–Crippen MR) is 84.9 cm³/mol. The molecule has 2 aromatic rings. The van der Waals surface area contributed by atoms with Crippen molar-refractivity contribution in [3.05, 3.63) is 41.9 Å². The third kappa shape index (κ3) is 3.68. The monoisotopic (exact) mass is 317 g/mol. The van der Waals surface area contributed by atoms with Gasteiger partial charge < -0.3 is 14.8 Å². The van der Waals surface area contributed by atoms with Crippen molar-refractivity contribution in [3.63, 3.8) is 0 Å². The molecule has 0 aliphatic heterocycles. The molecule has 0 radical (unpaired) electrons. The second kappa shape index (κ2) is 7.44. The Kier molecular flexibility index (Phi) is 5.35. The highest BCUT2D eigenvalue weighted by molar-refractivity contribution is 6.14. The maximum Gasteiger partial charge on any atom is 0.347 e. The predicted octanol–water partition coefficient (Wildman–Crippen LogP) is 2.06. The molecule has 2 aromatic heterocycles. The van der Waals surface area contributed by atoms with Gasteiger partial charge in [0.15, 0.2) is 5.57 Å². The second-order valence-electron chi connectivity index (χ2n) is 4.62. The lowest BCUT2D eigenvalue weighted by molar-refractivity contribution is -0.146. The Morgan fingerprint density at radius 2 is 1.87 bits per heavy atom. The van der Waals surface area contributed by atoms with Crippen molar-refractivity contribution in [3.8, 4) is 0 Å². The SMILES string of the molecule is CCOC(=O)C(=CNc1c(C)nc2ccccn12)C(=O)OCC. The van der Waals surface area contributed by atoms with Gasteiger partial charge in [-0.3, -0.25) is 4.40 Å². The summed E-state index contributed by atoms with van der Waals surface area (Å²) >= 11 is 0. The number of rotatable bonds is 6. The van der Waals surface area contributed by atoms with Crippen molar-refractivity contribution in [2.45, 2.75) is 20.8 Å². The van der Waals surface area contributed by atoms with Crippen molar-refractivity contribution in [2.24, 2.45) is 0 Å². The summed E-state index contributed by atoms with van der Waals surface area (Å²) in [5.41, 5.74) is 1.30. The van der Waals surface area contributed by atoms with Crippen LogP contribution in [0.3, 0.4) is 0 Å². The fraction of sp³-hybridized carbons (Fsp3) is 0.312. The molecule has 7 heteroatoms. The van der Waals surface area contributed by atoms with E-state index in [1.54, 1.807) is 13.8 Å². The van der Waals surface area contributed by atoms with E-state index in [0.717, 1.165) is 11.3 Å². The topological polar surface area (TPSA) is 81.9 Å². The molecule has 0 bridgehead atoms. The summed E-state index contributed by atoms with van der Waals surface area (Å²) in [4.78, 5) is 28.2. The van der Waals surface area contributed by atoms with Crippen LogP contribution in [0, 0.1) is 6.92 Å². The highest BCUT2D eigenvalue weighted by atomic mass is 16.6. The number of imidazole rings is 1. The van der Waals surface area contributed by atoms with E-state index in [1.165, 1.54) is 6.20 Å². The van der Waals surface area contributed by atoms with Crippen molar-refractivity contribution < 1.29 is 19.1 Å². The van der Waals surface area contributed by atoms with Crippen LogP contribution >= 0.6 is 0 Å². The maximum atomic E-state index is 11.9. The molecule has 0 amide bonds. The summed E-state index contributed by atoms with van der Waals surface area (Å²) in [5.74, 6) is -0.804. The summed E-state index contributed by atoms with van der Waals surface area (Å²) < 4.78 is 11.6. The first kappa shape index (κ1) is 16.5. The molecule has 0 aliphatic carbocycles. The number of hydrogen-bond acceptors (Lipinski definition) is 6. The Labute approximate surface area is 133 Å². The highest BCUT2D eigenvalue weighted by Crippen LogP contribution is 2.17. The van der Waals surface area contributed by atoms with Gasteiger partial charge in [-0.05, 0) is 32.9 Å². The van der Waals surface area contributed by atoms with Crippen molar-refractivity contribution in [2.75, 3.05) is 18.5 Å². The molecule has 23 heavy (non-hydrogen) atoms. The van der Waals surface area contributed by atoms with E-state index >= 15 is 0 Å². The molecular weight excluding hydrogens is 298 g/mol. The molecule has 0 saturated carbocycles. The number of esters is 2. The van der Waals surface area contributed by atoms with Crippen LogP contribution in [-0.4, -0.2) is 34.5 Å². The summed E-state index contributed by atoms with van der Waals surface area (Å²) in [6.45, 7) is 5.51. The molecule has 2 heterocycles. The van der Waals surface area contributed by atoms with Crippen LogP contribution in [-0.2, 0) is 19.1 Å². The fourth-order valence-electron chi connectivity index (χ4n) is 2.05. The van der Waals surface area contributed by atoms with Crippen LogP contribution in [0.25, 0.3) is 5.65 Å². The van der Waals surface area contributed by atoms with E-state index < -0.39 is 11.9 Å². The third-order valence-corrected chi connectivity index (χ3v) is 3.05. The van der Waals surface area contributed by atoms with E-state index in [-0.39, 0.29) is 18.8 Å². The van der Waals surface area contributed by atoms with Gasteiger partial charge in [0, 0.05) is 12.4 Å². The average Bonchev–Trinajstić information content (AvgIpc) is 2.84. The quantitative estimate of drug-likeness (QED) is 0.380. The zero-order valence-corrected chi connectivity index (χ0v) is 13.3. The average molecular weight is 317 g/mol. The van der Waals surface area contributed by atoms with Crippen LogP contribution in [0.5, 0.6) is 0 Å². The number of fused-ring (bicyclic) bond motifs is 1. The molecule has 0 spiro atoms. The number of carbonyl (C=O) groups is 2. The van der Waals surface area contributed by atoms with Crippen LogP contribution in [0.1, 0.15) is 19.5 Å². The van der Waals surface area contributed by atoms with E-state index in [9.17, 15) is 9.59 Å². The molecule has 2 rings (SSSR count). The number of ether oxygens (including phenoxy) is 2. The number of carbonyl (C=O) groups excluding carboxylic acids is 2. The third-order valence-electron chi connectivity index (χ3n) is 3.05. The van der Waals surface area contributed by atoms with Gasteiger partial charge in [-0.15, -0.1) is 0 Å². The minimum absolute atomic E-state index is 0.171. The second-order valence-corrected chi connectivity index (χ2v) is 4.62. The number of nitrogens with zero attached hydrogens (tertiary/aromatic N) is 2. The Bertz CT molecular complexity index is 729. The summed E-state index contributed by atoms with van der Waals surface area (Å²) in [7, 11) is 0. The molecule has 0 aliphatic rings. The molecule has 0 atom stereocenters. The molecule has 122 valence electrons. The van der Waals surface area contributed by atoms with Crippen LogP contribution in [0.15, 0.2) is 36.2 Å². The molecule has 0 unspecified atom stereocenters. The number of nitrogens with one attached hydrogen (secondary N) is 1.